The fourth-order valence-corrected chi connectivity index (χ4v) is 4.87. The minimum absolute atomic E-state index is 0.0480. The molecular formula is C16H23N3O3S. The Morgan fingerprint density at radius 1 is 1.22 bits per heavy atom. The number of benzene rings is 1. The minimum atomic E-state index is -3.50. The van der Waals surface area contributed by atoms with Gasteiger partial charge in [-0.2, -0.15) is 4.31 Å². The molecule has 2 heterocycles. The Labute approximate surface area is 137 Å². The number of anilines is 1. The number of amides is 1. The molecule has 1 amide bonds. The van der Waals surface area contributed by atoms with Crippen molar-refractivity contribution in [2.45, 2.75) is 37.1 Å². The summed E-state index contributed by atoms with van der Waals surface area (Å²) in [5.41, 5.74) is 1.77. The van der Waals surface area contributed by atoms with Gasteiger partial charge in [-0.25, -0.2) is 8.42 Å². The SMILES string of the molecule is CNC1CCN(S(=O)(=O)c2ccc3c(c2)N(C(C)=O)CC3)CC1. The summed E-state index contributed by atoms with van der Waals surface area (Å²) in [4.78, 5) is 13.6. The van der Waals surface area contributed by atoms with Crippen LogP contribution in [0.15, 0.2) is 23.1 Å². The Bertz CT molecular complexity index is 709. The van der Waals surface area contributed by atoms with Gasteiger partial charge < -0.3 is 10.2 Å². The van der Waals surface area contributed by atoms with Crippen LogP contribution < -0.4 is 10.2 Å². The van der Waals surface area contributed by atoms with Crippen molar-refractivity contribution in [3.63, 3.8) is 0 Å². The summed E-state index contributed by atoms with van der Waals surface area (Å²) in [6, 6.07) is 5.55. The molecule has 0 aromatic heterocycles. The van der Waals surface area contributed by atoms with Crippen LogP contribution in [0.3, 0.4) is 0 Å². The van der Waals surface area contributed by atoms with E-state index in [1.54, 1.807) is 21.3 Å². The lowest BCUT2D eigenvalue weighted by atomic mass is 10.1. The Balaban J connectivity index is 1.87. The summed E-state index contributed by atoms with van der Waals surface area (Å²) in [7, 11) is -1.59. The van der Waals surface area contributed by atoms with Gasteiger partial charge in [0.05, 0.1) is 4.90 Å². The van der Waals surface area contributed by atoms with Crippen LogP contribution in [0.2, 0.25) is 0 Å². The highest BCUT2D eigenvalue weighted by atomic mass is 32.2. The van der Waals surface area contributed by atoms with Gasteiger partial charge in [-0.05, 0) is 44.0 Å². The second-order valence-corrected chi connectivity index (χ2v) is 8.12. The molecule has 1 aromatic rings. The Hall–Kier alpha value is -1.44. The number of hydrogen-bond donors (Lipinski definition) is 1. The van der Waals surface area contributed by atoms with E-state index in [4.69, 9.17) is 0 Å². The lowest BCUT2D eigenvalue weighted by molar-refractivity contribution is -0.116. The number of carbonyl (C=O) groups excluding carboxylic acids is 1. The van der Waals surface area contributed by atoms with Crippen LogP contribution in [-0.2, 0) is 21.2 Å². The maximum absolute atomic E-state index is 12.9. The maximum Gasteiger partial charge on any atom is 0.243 e. The van der Waals surface area contributed by atoms with Crippen molar-refractivity contribution < 1.29 is 13.2 Å². The topological polar surface area (TPSA) is 69.7 Å². The van der Waals surface area contributed by atoms with Gasteiger partial charge in [0.1, 0.15) is 0 Å². The molecule has 2 aliphatic heterocycles. The van der Waals surface area contributed by atoms with E-state index >= 15 is 0 Å². The van der Waals surface area contributed by atoms with Gasteiger partial charge in [-0.3, -0.25) is 4.79 Å². The molecule has 23 heavy (non-hydrogen) atoms. The number of rotatable bonds is 3. The summed E-state index contributed by atoms with van der Waals surface area (Å²) >= 11 is 0. The highest BCUT2D eigenvalue weighted by Crippen LogP contribution is 2.32. The quantitative estimate of drug-likeness (QED) is 0.892. The fraction of sp³-hybridized carbons (Fsp3) is 0.562. The molecule has 0 aliphatic carbocycles. The zero-order valence-electron chi connectivity index (χ0n) is 13.6. The normalized spacial score (nSPS) is 19.8. The molecule has 1 fully saturated rings. The highest BCUT2D eigenvalue weighted by molar-refractivity contribution is 7.89. The number of carbonyl (C=O) groups is 1. The molecule has 1 aromatic carbocycles. The van der Waals surface area contributed by atoms with E-state index in [0.717, 1.165) is 30.5 Å². The molecule has 6 nitrogen and oxygen atoms in total. The molecule has 0 atom stereocenters. The highest BCUT2D eigenvalue weighted by Gasteiger charge is 2.31. The van der Waals surface area contributed by atoms with E-state index in [9.17, 15) is 13.2 Å². The van der Waals surface area contributed by atoms with Gasteiger partial charge >= 0.3 is 0 Å². The number of piperidine rings is 1. The number of nitrogens with zero attached hydrogens (tertiary/aromatic N) is 2. The molecule has 7 heteroatoms. The van der Waals surface area contributed by atoms with Crippen molar-refractivity contribution in [2.75, 3.05) is 31.6 Å². The second-order valence-electron chi connectivity index (χ2n) is 6.18. The van der Waals surface area contributed by atoms with Crippen molar-refractivity contribution in [3.05, 3.63) is 23.8 Å². The molecule has 0 unspecified atom stereocenters. The number of sulfonamides is 1. The van der Waals surface area contributed by atoms with Crippen LogP contribution in [0, 0.1) is 0 Å². The monoisotopic (exact) mass is 337 g/mol. The Morgan fingerprint density at radius 2 is 1.91 bits per heavy atom. The zero-order valence-corrected chi connectivity index (χ0v) is 14.4. The van der Waals surface area contributed by atoms with Crippen molar-refractivity contribution >= 4 is 21.6 Å². The lowest BCUT2D eigenvalue weighted by Gasteiger charge is -2.31. The molecule has 1 N–H and O–H groups in total. The minimum Gasteiger partial charge on any atom is -0.317 e. The van der Waals surface area contributed by atoms with Crippen LogP contribution in [0.25, 0.3) is 0 Å². The number of hydrogen-bond acceptors (Lipinski definition) is 4. The predicted molar refractivity (Wildman–Crippen MR) is 89.0 cm³/mol. The van der Waals surface area contributed by atoms with Gasteiger partial charge in [0.2, 0.25) is 15.9 Å². The first-order valence-electron chi connectivity index (χ1n) is 8.02. The molecule has 2 aliphatic rings. The van der Waals surface area contributed by atoms with E-state index in [0.29, 0.717) is 25.7 Å². The van der Waals surface area contributed by atoms with Crippen molar-refractivity contribution in [2.24, 2.45) is 0 Å². The van der Waals surface area contributed by atoms with Gasteiger partial charge in [0, 0.05) is 38.3 Å². The third-order valence-corrected chi connectivity index (χ3v) is 6.73. The smallest absolute Gasteiger partial charge is 0.243 e. The Kier molecular flexibility index (Phi) is 4.44. The molecule has 0 radical (unpaired) electrons. The van der Waals surface area contributed by atoms with Gasteiger partial charge in [0.15, 0.2) is 0 Å². The summed E-state index contributed by atoms with van der Waals surface area (Å²) in [6.45, 7) is 3.20. The standard InChI is InChI=1S/C16H23N3O3S/c1-12(20)19-10-5-13-3-4-15(11-16(13)19)23(21,22)18-8-6-14(17-2)7-9-18/h3-4,11,14,17H,5-10H2,1-2H3. The average Bonchev–Trinajstić information content (AvgIpc) is 2.98. The molecule has 0 spiro atoms. The summed E-state index contributed by atoms with van der Waals surface area (Å²) in [5, 5.41) is 3.20. The molecule has 0 saturated carbocycles. The summed E-state index contributed by atoms with van der Waals surface area (Å²) in [6.07, 6.45) is 2.42. The molecule has 1 saturated heterocycles. The largest absolute Gasteiger partial charge is 0.317 e. The molecule has 0 bridgehead atoms. The van der Waals surface area contributed by atoms with Crippen molar-refractivity contribution in [3.8, 4) is 0 Å². The van der Waals surface area contributed by atoms with Gasteiger partial charge in [0.25, 0.3) is 0 Å². The van der Waals surface area contributed by atoms with Crippen LogP contribution in [0.4, 0.5) is 5.69 Å². The zero-order chi connectivity index (χ0) is 16.6. The predicted octanol–water partition coefficient (Wildman–Crippen LogP) is 0.968. The van der Waals surface area contributed by atoms with Gasteiger partial charge in [-0.1, -0.05) is 6.07 Å². The summed E-state index contributed by atoms with van der Waals surface area (Å²) < 4.78 is 27.3. The van der Waals surface area contributed by atoms with Crippen molar-refractivity contribution in [1.82, 2.24) is 9.62 Å². The van der Waals surface area contributed by atoms with Crippen molar-refractivity contribution in [1.29, 1.82) is 0 Å². The first-order valence-corrected chi connectivity index (χ1v) is 9.46. The van der Waals surface area contributed by atoms with E-state index in [2.05, 4.69) is 5.32 Å². The number of nitrogens with one attached hydrogen (secondary N) is 1. The summed E-state index contributed by atoms with van der Waals surface area (Å²) in [5.74, 6) is -0.0480. The second kappa shape index (κ2) is 6.22. The average molecular weight is 337 g/mol. The van der Waals surface area contributed by atoms with Crippen LogP contribution in [0.1, 0.15) is 25.3 Å². The fourth-order valence-electron chi connectivity index (χ4n) is 3.38. The lowest BCUT2D eigenvalue weighted by Crippen LogP contribution is -2.43. The first-order chi connectivity index (χ1) is 10.9. The first kappa shape index (κ1) is 16.4. The van der Waals surface area contributed by atoms with Crippen LogP contribution in [0.5, 0.6) is 0 Å². The Morgan fingerprint density at radius 3 is 2.52 bits per heavy atom. The van der Waals surface area contributed by atoms with Gasteiger partial charge in [-0.15, -0.1) is 0 Å². The third kappa shape index (κ3) is 3.00. The van der Waals surface area contributed by atoms with E-state index in [1.807, 2.05) is 13.1 Å². The maximum atomic E-state index is 12.9. The molecular weight excluding hydrogens is 314 g/mol. The van der Waals surface area contributed by atoms with E-state index in [1.165, 1.54) is 6.92 Å². The van der Waals surface area contributed by atoms with E-state index < -0.39 is 10.0 Å². The van der Waals surface area contributed by atoms with Crippen LogP contribution in [-0.4, -0.2) is 51.4 Å². The third-order valence-electron chi connectivity index (χ3n) is 4.83. The molecule has 3 rings (SSSR count). The van der Waals surface area contributed by atoms with E-state index in [-0.39, 0.29) is 10.8 Å². The van der Waals surface area contributed by atoms with Crippen LogP contribution >= 0.6 is 0 Å². The number of fused-ring (bicyclic) bond motifs is 1. The molecule has 126 valence electrons.